The fraction of sp³-hybridized carbons (Fsp3) is 0.400. The molecule has 0 aromatic heterocycles. The van der Waals surface area contributed by atoms with Crippen molar-refractivity contribution in [3.05, 3.63) is 77.4 Å². The molecular weight excluding hydrogens is 574 g/mol. The number of carbonyl (C=O) groups excluding carboxylic acids is 4. The second-order valence-corrected chi connectivity index (χ2v) is 12.1. The van der Waals surface area contributed by atoms with Gasteiger partial charge in [-0.1, -0.05) is 55.7 Å². The van der Waals surface area contributed by atoms with E-state index in [0.29, 0.717) is 29.7 Å². The average molecular weight is 614 g/mol. The topological polar surface area (TPSA) is 142 Å². The zero-order chi connectivity index (χ0) is 32.1. The Morgan fingerprint density at radius 1 is 0.933 bits per heavy atom. The fourth-order valence-corrected chi connectivity index (χ4v) is 6.69. The lowest BCUT2D eigenvalue weighted by Crippen LogP contribution is -2.53. The summed E-state index contributed by atoms with van der Waals surface area (Å²) in [5, 5.41) is 17.5. The minimum atomic E-state index is -1.09. The van der Waals surface area contributed by atoms with Crippen molar-refractivity contribution in [1.29, 1.82) is 0 Å². The van der Waals surface area contributed by atoms with Crippen molar-refractivity contribution in [2.75, 3.05) is 20.7 Å². The number of amides is 4. The summed E-state index contributed by atoms with van der Waals surface area (Å²) in [7, 11) is 3.08. The van der Waals surface area contributed by atoms with Gasteiger partial charge in [0, 0.05) is 20.0 Å². The number of aliphatic carboxylic acids is 1. The first-order valence-corrected chi connectivity index (χ1v) is 15.4. The van der Waals surface area contributed by atoms with Crippen molar-refractivity contribution in [2.45, 2.75) is 57.4 Å². The summed E-state index contributed by atoms with van der Waals surface area (Å²) in [6.07, 6.45) is 3.74. The standard InChI is InChI=1S/C35H39N3O7/c1-36-30(39)29(18-22-10-12-26(45-2)13-11-22)37-34(44)35(15-6-3-7-16-35)21-25(33(42)43)14-17-38-31(40)27-19-23-8-4-5-9-24(23)20-28(27)32(38)41/h4-5,8-13,19-20,25,29H,3,6-7,14-18,21H2,1-2H3,(H,36,39)(H,37,44)(H,42,43)/t25?,29-/m0/s1. The Kier molecular flexibility index (Phi) is 9.51. The molecule has 1 unspecified atom stereocenters. The van der Waals surface area contributed by atoms with Crippen LogP contribution < -0.4 is 15.4 Å². The summed E-state index contributed by atoms with van der Waals surface area (Å²) in [5.41, 5.74) is 0.462. The summed E-state index contributed by atoms with van der Waals surface area (Å²) in [6.45, 7) is -0.0737. The van der Waals surface area contributed by atoms with Crippen molar-refractivity contribution >= 4 is 40.4 Å². The molecule has 2 aliphatic rings. The van der Waals surface area contributed by atoms with Gasteiger partial charge in [0.15, 0.2) is 0 Å². The van der Waals surface area contributed by atoms with Gasteiger partial charge in [-0.05, 0) is 66.3 Å². The second kappa shape index (κ2) is 13.5. The number of nitrogens with one attached hydrogen (secondary N) is 2. The Hall–Kier alpha value is -4.73. The van der Waals surface area contributed by atoms with E-state index in [9.17, 15) is 29.1 Å². The molecule has 1 saturated carbocycles. The Balaban J connectivity index is 1.31. The number of carbonyl (C=O) groups is 5. The minimum Gasteiger partial charge on any atom is -0.497 e. The van der Waals surface area contributed by atoms with Crippen LogP contribution in [0.3, 0.4) is 0 Å². The Morgan fingerprint density at radius 2 is 1.53 bits per heavy atom. The van der Waals surface area contributed by atoms with Crippen molar-refractivity contribution in [3.63, 3.8) is 0 Å². The van der Waals surface area contributed by atoms with Crippen molar-refractivity contribution < 1.29 is 33.8 Å². The SMILES string of the molecule is CNC(=O)[C@H](Cc1ccc(OC)cc1)NC(=O)C1(CC(CCN2C(=O)c3cc4ccccc4cc3C2=O)C(=O)O)CCCCC1. The normalized spacial score (nSPS) is 17.0. The third-order valence-corrected chi connectivity index (χ3v) is 9.28. The minimum absolute atomic E-state index is 0.0140. The quantitative estimate of drug-likeness (QED) is 0.258. The smallest absolute Gasteiger partial charge is 0.306 e. The van der Waals surface area contributed by atoms with E-state index >= 15 is 0 Å². The highest BCUT2D eigenvalue weighted by Crippen LogP contribution is 2.43. The highest BCUT2D eigenvalue weighted by molar-refractivity contribution is 6.23. The predicted molar refractivity (Wildman–Crippen MR) is 168 cm³/mol. The largest absolute Gasteiger partial charge is 0.497 e. The van der Waals surface area contributed by atoms with Gasteiger partial charge in [-0.25, -0.2) is 0 Å². The molecule has 10 heteroatoms. The number of carboxylic acids is 1. The molecule has 10 nitrogen and oxygen atoms in total. The highest BCUT2D eigenvalue weighted by atomic mass is 16.5. The molecule has 2 atom stereocenters. The number of fused-ring (bicyclic) bond motifs is 2. The maximum atomic E-state index is 14.0. The van der Waals surface area contributed by atoms with Gasteiger partial charge in [-0.3, -0.25) is 28.9 Å². The molecule has 0 radical (unpaired) electrons. The molecule has 236 valence electrons. The summed E-state index contributed by atoms with van der Waals surface area (Å²) in [6, 6.07) is 17.3. The first kappa shape index (κ1) is 31.7. The van der Waals surface area contributed by atoms with Gasteiger partial charge in [0.1, 0.15) is 11.8 Å². The van der Waals surface area contributed by atoms with Gasteiger partial charge < -0.3 is 20.5 Å². The molecule has 0 spiro atoms. The highest BCUT2D eigenvalue weighted by Gasteiger charge is 2.44. The molecule has 4 amide bonds. The van der Waals surface area contributed by atoms with Crippen molar-refractivity contribution in [2.24, 2.45) is 11.3 Å². The molecule has 3 aromatic rings. The fourth-order valence-electron chi connectivity index (χ4n) is 6.69. The van der Waals surface area contributed by atoms with Crippen LogP contribution in [0, 0.1) is 11.3 Å². The molecule has 45 heavy (non-hydrogen) atoms. The molecule has 5 rings (SSSR count). The maximum Gasteiger partial charge on any atom is 0.306 e. The third kappa shape index (κ3) is 6.69. The summed E-state index contributed by atoms with van der Waals surface area (Å²) in [4.78, 5) is 67.0. The Bertz CT molecular complexity index is 1560. The number of ether oxygens (including phenoxy) is 1. The number of nitrogens with zero attached hydrogens (tertiary/aromatic N) is 1. The molecule has 1 heterocycles. The summed E-state index contributed by atoms with van der Waals surface area (Å²) >= 11 is 0. The van der Waals surface area contributed by atoms with E-state index in [4.69, 9.17) is 4.74 Å². The number of hydrogen-bond acceptors (Lipinski definition) is 6. The number of benzene rings is 3. The molecule has 1 fully saturated rings. The van der Waals surface area contributed by atoms with Gasteiger partial charge in [0.05, 0.1) is 29.6 Å². The third-order valence-electron chi connectivity index (χ3n) is 9.28. The number of imide groups is 1. The molecule has 3 aromatic carbocycles. The molecule has 1 aliphatic heterocycles. The Morgan fingerprint density at radius 3 is 2.07 bits per heavy atom. The van der Waals surface area contributed by atoms with E-state index in [1.54, 1.807) is 31.4 Å². The zero-order valence-corrected chi connectivity index (χ0v) is 25.6. The van der Waals surface area contributed by atoms with E-state index < -0.39 is 35.2 Å². The number of rotatable bonds is 12. The zero-order valence-electron chi connectivity index (χ0n) is 25.6. The van der Waals surface area contributed by atoms with Gasteiger partial charge in [-0.2, -0.15) is 0 Å². The molecule has 0 bridgehead atoms. The van der Waals surface area contributed by atoms with E-state index in [0.717, 1.165) is 40.5 Å². The molecular formula is C35H39N3O7. The van der Waals surface area contributed by atoms with Crippen LogP contribution in [0.4, 0.5) is 0 Å². The number of likely N-dealkylation sites (N-methyl/N-ethyl adjacent to an activating group) is 1. The monoisotopic (exact) mass is 613 g/mol. The van der Waals surface area contributed by atoms with Gasteiger partial charge >= 0.3 is 5.97 Å². The van der Waals surface area contributed by atoms with Crippen LogP contribution in [0.2, 0.25) is 0 Å². The van der Waals surface area contributed by atoms with Crippen LogP contribution in [0.5, 0.6) is 5.75 Å². The Labute approximate surface area is 262 Å². The lowest BCUT2D eigenvalue weighted by atomic mass is 9.67. The first-order valence-electron chi connectivity index (χ1n) is 15.4. The average Bonchev–Trinajstić information content (AvgIpc) is 3.29. The number of methoxy groups -OCH3 is 1. The van der Waals surface area contributed by atoms with Gasteiger partial charge in [0.25, 0.3) is 11.8 Å². The van der Waals surface area contributed by atoms with Gasteiger partial charge in [0.2, 0.25) is 11.8 Å². The lowest BCUT2D eigenvalue weighted by molar-refractivity contribution is -0.146. The molecule has 1 aliphatic carbocycles. The summed E-state index contributed by atoms with van der Waals surface area (Å²) in [5.74, 6) is -2.96. The maximum absolute atomic E-state index is 14.0. The van der Waals surface area contributed by atoms with Crippen LogP contribution in [0.15, 0.2) is 60.7 Å². The molecule has 3 N–H and O–H groups in total. The van der Waals surface area contributed by atoms with Gasteiger partial charge in [-0.15, -0.1) is 0 Å². The number of carboxylic acid groups (broad SMARTS) is 1. The summed E-state index contributed by atoms with van der Waals surface area (Å²) < 4.78 is 5.22. The lowest BCUT2D eigenvalue weighted by Gasteiger charge is -2.38. The van der Waals surface area contributed by atoms with Crippen LogP contribution >= 0.6 is 0 Å². The van der Waals surface area contributed by atoms with E-state index in [-0.39, 0.29) is 37.6 Å². The molecule has 0 saturated heterocycles. The van der Waals surface area contributed by atoms with Crippen LogP contribution in [-0.4, -0.2) is 66.3 Å². The van der Waals surface area contributed by atoms with E-state index in [1.165, 1.54) is 7.05 Å². The van der Waals surface area contributed by atoms with Crippen molar-refractivity contribution in [3.8, 4) is 5.75 Å². The van der Waals surface area contributed by atoms with Crippen molar-refractivity contribution in [1.82, 2.24) is 15.5 Å². The first-order chi connectivity index (χ1) is 21.7. The van der Waals surface area contributed by atoms with Crippen LogP contribution in [0.25, 0.3) is 10.8 Å². The number of hydrogen-bond donors (Lipinski definition) is 3. The van der Waals surface area contributed by atoms with E-state index in [1.807, 2.05) is 36.4 Å². The predicted octanol–water partition coefficient (Wildman–Crippen LogP) is 4.35. The second-order valence-electron chi connectivity index (χ2n) is 12.1. The van der Waals surface area contributed by atoms with Crippen LogP contribution in [0.1, 0.15) is 71.2 Å². The van der Waals surface area contributed by atoms with Crippen LogP contribution in [-0.2, 0) is 20.8 Å². The van der Waals surface area contributed by atoms with E-state index in [2.05, 4.69) is 10.6 Å².